The molecule has 7 nitrogen and oxygen atoms in total. The van der Waals surface area contributed by atoms with Gasteiger partial charge in [-0.3, -0.25) is 4.72 Å². The van der Waals surface area contributed by atoms with Crippen LogP contribution in [0.15, 0.2) is 35.2 Å². The van der Waals surface area contributed by atoms with Crippen molar-refractivity contribution in [3.63, 3.8) is 0 Å². The molecule has 0 saturated heterocycles. The number of aromatic hydroxyl groups is 1. The van der Waals surface area contributed by atoms with Crippen LogP contribution < -0.4 is 9.46 Å². The molecular formula is C16H16ClNO6S. The highest BCUT2D eigenvalue weighted by Gasteiger charge is 2.23. The van der Waals surface area contributed by atoms with E-state index in [9.17, 15) is 18.3 Å². The number of esters is 1. The van der Waals surface area contributed by atoms with E-state index in [2.05, 4.69) is 9.46 Å². The summed E-state index contributed by atoms with van der Waals surface area (Å²) in [4.78, 5) is 11.5. The monoisotopic (exact) mass is 385 g/mol. The van der Waals surface area contributed by atoms with Crippen molar-refractivity contribution >= 4 is 33.3 Å². The second-order valence-electron chi connectivity index (χ2n) is 5.08. The number of sulfonamides is 1. The number of carbonyl (C=O) groups is 1. The van der Waals surface area contributed by atoms with Gasteiger partial charge < -0.3 is 14.6 Å². The Hall–Kier alpha value is -2.45. The van der Waals surface area contributed by atoms with E-state index in [0.29, 0.717) is 5.56 Å². The summed E-state index contributed by atoms with van der Waals surface area (Å²) in [6, 6.07) is 6.68. The Kier molecular flexibility index (Phi) is 5.44. The Morgan fingerprint density at radius 3 is 2.48 bits per heavy atom. The molecule has 2 N–H and O–H groups in total. The quantitative estimate of drug-likeness (QED) is 0.606. The van der Waals surface area contributed by atoms with Crippen LogP contribution in [-0.4, -0.2) is 33.7 Å². The van der Waals surface area contributed by atoms with E-state index in [1.54, 1.807) is 0 Å². The van der Waals surface area contributed by atoms with Gasteiger partial charge >= 0.3 is 5.97 Å². The lowest BCUT2D eigenvalue weighted by Crippen LogP contribution is -2.15. The van der Waals surface area contributed by atoms with Gasteiger partial charge in [-0.1, -0.05) is 11.6 Å². The number of phenols is 1. The molecule has 0 heterocycles. The van der Waals surface area contributed by atoms with Crippen LogP contribution in [0.2, 0.25) is 5.02 Å². The SMILES string of the molecule is COC(=O)c1cc(C)c(O)c(NS(=O)(=O)c2cc(Cl)ccc2OC)c1. The molecule has 134 valence electrons. The van der Waals surface area contributed by atoms with Gasteiger partial charge in [-0.25, -0.2) is 13.2 Å². The maximum Gasteiger partial charge on any atom is 0.337 e. The first-order valence-corrected chi connectivity index (χ1v) is 8.84. The molecule has 0 aliphatic rings. The van der Waals surface area contributed by atoms with Crippen molar-refractivity contribution < 1.29 is 27.8 Å². The van der Waals surface area contributed by atoms with Gasteiger partial charge in [-0.05, 0) is 42.8 Å². The van der Waals surface area contributed by atoms with E-state index in [-0.39, 0.29) is 32.7 Å². The number of hydrogen-bond donors (Lipinski definition) is 2. The van der Waals surface area contributed by atoms with Gasteiger partial charge in [-0.2, -0.15) is 0 Å². The van der Waals surface area contributed by atoms with Crippen molar-refractivity contribution in [1.82, 2.24) is 0 Å². The van der Waals surface area contributed by atoms with Crippen LogP contribution in [0.3, 0.4) is 0 Å². The second kappa shape index (κ2) is 7.20. The van der Waals surface area contributed by atoms with Gasteiger partial charge in [0.1, 0.15) is 16.4 Å². The highest BCUT2D eigenvalue weighted by Crippen LogP contribution is 2.33. The molecule has 0 atom stereocenters. The van der Waals surface area contributed by atoms with Crippen molar-refractivity contribution in [1.29, 1.82) is 0 Å². The number of halogens is 1. The normalized spacial score (nSPS) is 11.0. The van der Waals surface area contributed by atoms with Crippen molar-refractivity contribution in [2.75, 3.05) is 18.9 Å². The van der Waals surface area contributed by atoms with Crippen LogP contribution >= 0.6 is 11.6 Å². The van der Waals surface area contributed by atoms with Crippen molar-refractivity contribution in [2.24, 2.45) is 0 Å². The molecule has 0 aromatic heterocycles. The minimum atomic E-state index is -4.14. The zero-order valence-electron chi connectivity index (χ0n) is 13.7. The molecule has 0 unspecified atom stereocenters. The lowest BCUT2D eigenvalue weighted by atomic mass is 10.1. The van der Waals surface area contributed by atoms with Gasteiger partial charge in [-0.15, -0.1) is 0 Å². The first-order chi connectivity index (χ1) is 11.7. The molecule has 2 rings (SSSR count). The minimum absolute atomic E-state index is 0.0808. The summed E-state index contributed by atoms with van der Waals surface area (Å²) in [5.41, 5.74) is 0.231. The van der Waals surface area contributed by atoms with Gasteiger partial charge in [0.15, 0.2) is 0 Å². The Bertz CT molecular complexity index is 926. The fourth-order valence-corrected chi connectivity index (χ4v) is 3.64. The minimum Gasteiger partial charge on any atom is -0.505 e. The topological polar surface area (TPSA) is 102 Å². The number of hydrogen-bond acceptors (Lipinski definition) is 6. The Morgan fingerprint density at radius 2 is 1.88 bits per heavy atom. The van der Waals surface area contributed by atoms with E-state index in [1.807, 2.05) is 0 Å². The summed E-state index contributed by atoms with van der Waals surface area (Å²) in [6.45, 7) is 1.53. The number of phenolic OH excluding ortho intramolecular Hbond substituents is 1. The maximum absolute atomic E-state index is 12.7. The molecule has 0 saturated carbocycles. The summed E-state index contributed by atoms with van der Waals surface area (Å²) in [5, 5.41) is 10.3. The number of methoxy groups -OCH3 is 2. The van der Waals surface area contributed by atoms with E-state index in [4.69, 9.17) is 16.3 Å². The largest absolute Gasteiger partial charge is 0.505 e. The smallest absolute Gasteiger partial charge is 0.337 e. The van der Waals surface area contributed by atoms with Gasteiger partial charge in [0.2, 0.25) is 0 Å². The third-order valence-electron chi connectivity index (χ3n) is 3.38. The fraction of sp³-hybridized carbons (Fsp3) is 0.188. The van der Waals surface area contributed by atoms with Crippen LogP contribution in [0.5, 0.6) is 11.5 Å². The number of benzene rings is 2. The van der Waals surface area contributed by atoms with E-state index in [0.717, 1.165) is 0 Å². The Morgan fingerprint density at radius 1 is 1.20 bits per heavy atom. The summed E-state index contributed by atoms with van der Waals surface area (Å²) < 4.78 is 37.2. The van der Waals surface area contributed by atoms with Crippen LogP contribution in [0.25, 0.3) is 0 Å². The van der Waals surface area contributed by atoms with E-state index in [1.165, 1.54) is 51.5 Å². The lowest BCUT2D eigenvalue weighted by molar-refractivity contribution is 0.0600. The third-order valence-corrected chi connectivity index (χ3v) is 5.00. The standard InChI is InChI=1S/C16H16ClNO6S/c1-9-6-10(16(20)24-3)7-12(15(9)19)18-25(21,22)14-8-11(17)4-5-13(14)23-2/h4-8,18-19H,1-3H3. The fourth-order valence-electron chi connectivity index (χ4n) is 2.15. The molecule has 0 aliphatic carbocycles. The summed E-state index contributed by atoms with van der Waals surface area (Å²) >= 11 is 5.87. The zero-order chi connectivity index (χ0) is 18.8. The molecule has 9 heteroatoms. The average Bonchev–Trinajstić information content (AvgIpc) is 2.57. The highest BCUT2D eigenvalue weighted by atomic mass is 35.5. The second-order valence-corrected chi connectivity index (χ2v) is 7.17. The average molecular weight is 386 g/mol. The highest BCUT2D eigenvalue weighted by molar-refractivity contribution is 7.92. The molecule has 25 heavy (non-hydrogen) atoms. The molecule has 2 aromatic carbocycles. The number of ether oxygens (including phenoxy) is 2. The number of aryl methyl sites for hydroxylation is 1. The van der Waals surface area contributed by atoms with Crippen molar-refractivity contribution in [2.45, 2.75) is 11.8 Å². The van der Waals surface area contributed by atoms with Crippen molar-refractivity contribution in [3.8, 4) is 11.5 Å². The third kappa shape index (κ3) is 3.97. The Labute approximate surface area is 150 Å². The summed E-state index contributed by atoms with van der Waals surface area (Å²) in [7, 11) is -1.62. The number of rotatable bonds is 5. The van der Waals surface area contributed by atoms with Gasteiger partial charge in [0.25, 0.3) is 10.0 Å². The van der Waals surface area contributed by atoms with Crippen LogP contribution in [0.1, 0.15) is 15.9 Å². The first-order valence-electron chi connectivity index (χ1n) is 6.98. The van der Waals surface area contributed by atoms with Gasteiger partial charge in [0, 0.05) is 5.02 Å². The molecular weight excluding hydrogens is 370 g/mol. The maximum atomic E-state index is 12.7. The zero-order valence-corrected chi connectivity index (χ0v) is 15.2. The molecule has 0 bridgehead atoms. The molecule has 0 spiro atoms. The van der Waals surface area contributed by atoms with E-state index < -0.39 is 16.0 Å². The van der Waals surface area contributed by atoms with Gasteiger partial charge in [0.05, 0.1) is 25.5 Å². The summed E-state index contributed by atoms with van der Waals surface area (Å²) in [5.74, 6) is -0.890. The number of anilines is 1. The van der Waals surface area contributed by atoms with Crippen LogP contribution in [0, 0.1) is 6.92 Å². The van der Waals surface area contributed by atoms with Crippen LogP contribution in [-0.2, 0) is 14.8 Å². The Balaban J connectivity index is 2.53. The summed E-state index contributed by atoms with van der Waals surface area (Å²) in [6.07, 6.45) is 0. The number of carbonyl (C=O) groups excluding carboxylic acids is 1. The van der Waals surface area contributed by atoms with Crippen LogP contribution in [0.4, 0.5) is 5.69 Å². The molecule has 0 aliphatic heterocycles. The van der Waals surface area contributed by atoms with E-state index >= 15 is 0 Å². The molecule has 0 fully saturated rings. The van der Waals surface area contributed by atoms with Crippen molar-refractivity contribution in [3.05, 3.63) is 46.5 Å². The first kappa shape index (κ1) is 18.9. The molecule has 0 amide bonds. The molecule has 2 aromatic rings. The predicted octanol–water partition coefficient (Wildman–Crippen LogP) is 2.95. The number of nitrogens with one attached hydrogen (secondary N) is 1. The lowest BCUT2D eigenvalue weighted by Gasteiger charge is -2.14. The molecule has 0 radical (unpaired) electrons. The predicted molar refractivity (Wildman–Crippen MR) is 93.0 cm³/mol.